The zero-order valence-corrected chi connectivity index (χ0v) is 11.3. The number of hydrogen-bond acceptors (Lipinski definition) is 3. The average Bonchev–Trinajstić information content (AvgIpc) is 2.69. The molecule has 2 rings (SSSR count). The summed E-state index contributed by atoms with van der Waals surface area (Å²) in [6.45, 7) is 8.95. The van der Waals surface area contributed by atoms with Crippen molar-refractivity contribution in [2.45, 2.75) is 20.8 Å². The van der Waals surface area contributed by atoms with Gasteiger partial charge in [-0.1, -0.05) is 13.8 Å². The third-order valence-electron chi connectivity index (χ3n) is 3.64. The summed E-state index contributed by atoms with van der Waals surface area (Å²) >= 11 is 0. The quantitative estimate of drug-likeness (QED) is 0.891. The Kier molecular flexibility index (Phi) is 3.84. The molecule has 1 aliphatic heterocycles. The molecular weight excluding hydrogens is 226 g/mol. The van der Waals surface area contributed by atoms with Crippen molar-refractivity contribution in [3.05, 3.63) is 23.9 Å². The number of nitrogens with zero attached hydrogens (tertiary/aromatic N) is 2. The molecule has 1 fully saturated rings. The molecule has 0 spiro atoms. The molecule has 0 radical (unpaired) electrons. The van der Waals surface area contributed by atoms with Gasteiger partial charge in [0.1, 0.15) is 5.82 Å². The second-order valence-corrected chi connectivity index (χ2v) is 5.12. The van der Waals surface area contributed by atoms with Crippen LogP contribution >= 0.6 is 0 Å². The van der Waals surface area contributed by atoms with Gasteiger partial charge in [0.05, 0.1) is 0 Å². The summed E-state index contributed by atoms with van der Waals surface area (Å²) in [6, 6.07) is 3.62. The van der Waals surface area contributed by atoms with Gasteiger partial charge in [0, 0.05) is 31.4 Å². The van der Waals surface area contributed by atoms with Crippen molar-refractivity contribution in [1.29, 1.82) is 0 Å². The SMILES string of the molecule is CCNc1cc(C(=O)N2CC(C)C(C)C2)ccn1. The zero-order valence-electron chi connectivity index (χ0n) is 11.3. The molecule has 0 saturated carbocycles. The summed E-state index contributed by atoms with van der Waals surface area (Å²) in [4.78, 5) is 18.5. The number of likely N-dealkylation sites (tertiary alicyclic amines) is 1. The van der Waals surface area contributed by atoms with E-state index in [4.69, 9.17) is 0 Å². The van der Waals surface area contributed by atoms with Gasteiger partial charge in [-0.05, 0) is 30.9 Å². The van der Waals surface area contributed by atoms with Crippen molar-refractivity contribution in [1.82, 2.24) is 9.88 Å². The third kappa shape index (κ3) is 2.63. The van der Waals surface area contributed by atoms with Crippen molar-refractivity contribution < 1.29 is 4.79 Å². The normalized spacial score (nSPS) is 23.2. The fraction of sp³-hybridized carbons (Fsp3) is 0.571. The Morgan fingerprint density at radius 2 is 2.11 bits per heavy atom. The van der Waals surface area contributed by atoms with Crippen LogP contribution in [0.1, 0.15) is 31.1 Å². The lowest BCUT2D eigenvalue weighted by atomic mass is 10.0. The Morgan fingerprint density at radius 1 is 1.44 bits per heavy atom. The van der Waals surface area contributed by atoms with E-state index in [9.17, 15) is 4.79 Å². The van der Waals surface area contributed by atoms with Gasteiger partial charge < -0.3 is 10.2 Å². The number of carbonyl (C=O) groups is 1. The first-order chi connectivity index (χ1) is 8.61. The molecule has 1 amide bonds. The van der Waals surface area contributed by atoms with Crippen LogP contribution in [-0.4, -0.2) is 35.4 Å². The van der Waals surface area contributed by atoms with E-state index in [0.717, 1.165) is 31.0 Å². The topological polar surface area (TPSA) is 45.2 Å². The lowest BCUT2D eigenvalue weighted by Gasteiger charge is -2.16. The lowest BCUT2D eigenvalue weighted by molar-refractivity contribution is 0.0785. The van der Waals surface area contributed by atoms with Gasteiger partial charge in [0.2, 0.25) is 0 Å². The third-order valence-corrected chi connectivity index (χ3v) is 3.64. The van der Waals surface area contributed by atoms with Gasteiger partial charge in [-0.2, -0.15) is 0 Å². The number of amides is 1. The van der Waals surface area contributed by atoms with Crippen molar-refractivity contribution in [3.63, 3.8) is 0 Å². The Labute approximate surface area is 108 Å². The molecule has 4 nitrogen and oxygen atoms in total. The Balaban J connectivity index is 2.11. The molecule has 0 bridgehead atoms. The predicted octanol–water partition coefficient (Wildman–Crippen LogP) is 2.24. The van der Waals surface area contributed by atoms with Crippen LogP contribution in [0.2, 0.25) is 0 Å². The Bertz CT molecular complexity index is 423. The minimum atomic E-state index is 0.118. The largest absolute Gasteiger partial charge is 0.370 e. The summed E-state index contributed by atoms with van der Waals surface area (Å²) in [6.07, 6.45) is 1.69. The van der Waals surface area contributed by atoms with Gasteiger partial charge >= 0.3 is 0 Å². The molecule has 1 aromatic rings. The summed E-state index contributed by atoms with van der Waals surface area (Å²) < 4.78 is 0. The number of pyridine rings is 1. The highest BCUT2D eigenvalue weighted by molar-refractivity contribution is 5.95. The minimum absolute atomic E-state index is 0.118. The van der Waals surface area contributed by atoms with Crippen LogP contribution in [0, 0.1) is 11.8 Å². The van der Waals surface area contributed by atoms with Crippen LogP contribution in [-0.2, 0) is 0 Å². The van der Waals surface area contributed by atoms with Gasteiger partial charge in [-0.15, -0.1) is 0 Å². The first-order valence-electron chi connectivity index (χ1n) is 6.61. The second-order valence-electron chi connectivity index (χ2n) is 5.12. The zero-order chi connectivity index (χ0) is 13.1. The highest BCUT2D eigenvalue weighted by Gasteiger charge is 2.29. The molecule has 1 aromatic heterocycles. The van der Waals surface area contributed by atoms with Crippen LogP contribution in [0.3, 0.4) is 0 Å². The first-order valence-corrected chi connectivity index (χ1v) is 6.61. The van der Waals surface area contributed by atoms with E-state index >= 15 is 0 Å². The number of carbonyl (C=O) groups excluding carboxylic acids is 1. The molecule has 2 unspecified atom stereocenters. The monoisotopic (exact) mass is 247 g/mol. The van der Waals surface area contributed by atoms with Gasteiger partial charge in [-0.3, -0.25) is 4.79 Å². The number of hydrogen-bond donors (Lipinski definition) is 1. The smallest absolute Gasteiger partial charge is 0.254 e. The van der Waals surface area contributed by atoms with Crippen molar-refractivity contribution in [3.8, 4) is 0 Å². The predicted molar refractivity (Wildman–Crippen MR) is 72.6 cm³/mol. The van der Waals surface area contributed by atoms with E-state index in [1.807, 2.05) is 17.9 Å². The van der Waals surface area contributed by atoms with Crippen LogP contribution in [0.5, 0.6) is 0 Å². The van der Waals surface area contributed by atoms with Crippen LogP contribution in [0.4, 0.5) is 5.82 Å². The van der Waals surface area contributed by atoms with Crippen molar-refractivity contribution in [2.75, 3.05) is 25.0 Å². The maximum Gasteiger partial charge on any atom is 0.254 e. The first kappa shape index (κ1) is 12.9. The minimum Gasteiger partial charge on any atom is -0.370 e. The average molecular weight is 247 g/mol. The van der Waals surface area contributed by atoms with Crippen LogP contribution < -0.4 is 5.32 Å². The van der Waals surface area contributed by atoms with E-state index in [0.29, 0.717) is 11.8 Å². The molecule has 2 heterocycles. The highest BCUT2D eigenvalue weighted by Crippen LogP contribution is 2.24. The fourth-order valence-electron chi connectivity index (χ4n) is 2.32. The maximum absolute atomic E-state index is 12.4. The van der Waals surface area contributed by atoms with Gasteiger partial charge in [0.25, 0.3) is 5.91 Å². The highest BCUT2D eigenvalue weighted by atomic mass is 16.2. The van der Waals surface area contributed by atoms with Crippen LogP contribution in [0.15, 0.2) is 18.3 Å². The van der Waals surface area contributed by atoms with E-state index < -0.39 is 0 Å². The lowest BCUT2D eigenvalue weighted by Crippen LogP contribution is -2.28. The molecule has 1 saturated heterocycles. The molecule has 98 valence electrons. The number of rotatable bonds is 3. The van der Waals surface area contributed by atoms with Crippen molar-refractivity contribution in [2.24, 2.45) is 11.8 Å². The molecular formula is C14H21N3O. The Hall–Kier alpha value is -1.58. The fourth-order valence-corrected chi connectivity index (χ4v) is 2.32. The summed E-state index contributed by atoms with van der Waals surface area (Å²) in [5.41, 5.74) is 0.724. The van der Waals surface area contributed by atoms with Crippen LogP contribution in [0.25, 0.3) is 0 Å². The summed E-state index contributed by atoms with van der Waals surface area (Å²) in [7, 11) is 0. The molecule has 4 heteroatoms. The van der Waals surface area contributed by atoms with Gasteiger partial charge in [0.15, 0.2) is 0 Å². The Morgan fingerprint density at radius 3 is 2.72 bits per heavy atom. The molecule has 1 aliphatic rings. The van der Waals surface area contributed by atoms with Gasteiger partial charge in [-0.25, -0.2) is 4.98 Å². The number of anilines is 1. The van der Waals surface area contributed by atoms with Crippen molar-refractivity contribution >= 4 is 11.7 Å². The second kappa shape index (κ2) is 5.38. The maximum atomic E-state index is 12.4. The molecule has 0 aliphatic carbocycles. The molecule has 1 N–H and O–H groups in total. The van der Waals surface area contributed by atoms with E-state index in [1.54, 1.807) is 12.3 Å². The molecule has 0 aromatic carbocycles. The standard InChI is InChI=1S/C14H21N3O/c1-4-15-13-7-12(5-6-16-13)14(18)17-8-10(2)11(3)9-17/h5-7,10-11H,4,8-9H2,1-3H3,(H,15,16). The molecule has 18 heavy (non-hydrogen) atoms. The van der Waals surface area contributed by atoms with E-state index in [2.05, 4.69) is 24.1 Å². The van der Waals surface area contributed by atoms with E-state index in [1.165, 1.54) is 0 Å². The summed E-state index contributed by atoms with van der Waals surface area (Å²) in [5.74, 6) is 2.06. The van der Waals surface area contributed by atoms with E-state index in [-0.39, 0.29) is 5.91 Å². The molecule has 2 atom stereocenters. The number of nitrogens with one attached hydrogen (secondary N) is 1. The summed E-state index contributed by atoms with van der Waals surface area (Å²) in [5, 5.41) is 3.13. The number of aromatic nitrogens is 1.